The predicted molar refractivity (Wildman–Crippen MR) is 52.4 cm³/mol. The fourth-order valence-electron chi connectivity index (χ4n) is 1.52. The number of carbonyl (C=O) groups excluding carboxylic acids is 2. The number of nitrogens with one attached hydrogen (secondary N) is 2. The molecule has 1 rings (SSSR count). The van der Waals surface area contributed by atoms with Crippen LogP contribution in [0.25, 0.3) is 0 Å². The molecule has 1 heterocycles. The number of amides is 2. The van der Waals surface area contributed by atoms with Crippen LogP contribution in [0.15, 0.2) is 0 Å². The SMILES string of the molecule is C[C@H](NC(=O)C1(C)CCCN1)C(N)=O. The summed E-state index contributed by atoms with van der Waals surface area (Å²) in [6.45, 7) is 4.26. The molecule has 1 unspecified atom stereocenters. The zero-order chi connectivity index (χ0) is 10.8. The highest BCUT2D eigenvalue weighted by atomic mass is 16.2. The predicted octanol–water partition coefficient (Wildman–Crippen LogP) is -0.881. The lowest BCUT2D eigenvalue weighted by atomic mass is 9.99. The number of rotatable bonds is 3. The molecule has 1 aliphatic heterocycles. The highest BCUT2D eigenvalue weighted by molar-refractivity contribution is 5.91. The van der Waals surface area contributed by atoms with Gasteiger partial charge in [0.15, 0.2) is 0 Å². The van der Waals surface area contributed by atoms with Gasteiger partial charge in [0.25, 0.3) is 0 Å². The van der Waals surface area contributed by atoms with Gasteiger partial charge in [-0.15, -0.1) is 0 Å². The van der Waals surface area contributed by atoms with Crippen LogP contribution >= 0.6 is 0 Å². The molecule has 0 aromatic carbocycles. The number of hydrogen-bond donors (Lipinski definition) is 3. The molecule has 4 N–H and O–H groups in total. The van der Waals surface area contributed by atoms with Crippen LogP contribution in [-0.2, 0) is 9.59 Å². The molecule has 0 aliphatic carbocycles. The third-order valence-corrected chi connectivity index (χ3v) is 2.64. The van der Waals surface area contributed by atoms with Crippen molar-refractivity contribution in [2.24, 2.45) is 5.73 Å². The van der Waals surface area contributed by atoms with E-state index in [1.807, 2.05) is 6.92 Å². The van der Waals surface area contributed by atoms with E-state index in [2.05, 4.69) is 10.6 Å². The van der Waals surface area contributed by atoms with Gasteiger partial charge in [-0.2, -0.15) is 0 Å². The van der Waals surface area contributed by atoms with Crippen molar-refractivity contribution in [2.75, 3.05) is 6.54 Å². The Morgan fingerprint density at radius 1 is 1.57 bits per heavy atom. The van der Waals surface area contributed by atoms with Gasteiger partial charge in [-0.1, -0.05) is 0 Å². The Balaban J connectivity index is 2.53. The molecule has 2 atom stereocenters. The van der Waals surface area contributed by atoms with E-state index in [0.29, 0.717) is 0 Å². The molecular formula is C9H17N3O2. The van der Waals surface area contributed by atoms with Gasteiger partial charge in [0.1, 0.15) is 6.04 Å². The molecule has 14 heavy (non-hydrogen) atoms. The Morgan fingerprint density at radius 2 is 2.21 bits per heavy atom. The zero-order valence-corrected chi connectivity index (χ0v) is 8.59. The van der Waals surface area contributed by atoms with Crippen molar-refractivity contribution in [3.63, 3.8) is 0 Å². The Hall–Kier alpha value is -1.10. The van der Waals surface area contributed by atoms with Crippen molar-refractivity contribution in [3.05, 3.63) is 0 Å². The number of carbonyl (C=O) groups is 2. The molecule has 0 radical (unpaired) electrons. The summed E-state index contributed by atoms with van der Waals surface area (Å²) in [5, 5.41) is 5.70. The van der Waals surface area contributed by atoms with E-state index in [0.717, 1.165) is 19.4 Å². The Labute approximate surface area is 83.4 Å². The minimum atomic E-state index is -0.610. The van der Waals surface area contributed by atoms with Crippen LogP contribution in [0, 0.1) is 0 Å². The van der Waals surface area contributed by atoms with Crippen molar-refractivity contribution in [1.29, 1.82) is 0 Å². The summed E-state index contributed by atoms with van der Waals surface area (Å²) < 4.78 is 0. The van der Waals surface area contributed by atoms with Crippen molar-refractivity contribution < 1.29 is 9.59 Å². The second-order valence-corrected chi connectivity index (χ2v) is 3.96. The maximum absolute atomic E-state index is 11.7. The van der Waals surface area contributed by atoms with Crippen molar-refractivity contribution in [2.45, 2.75) is 38.3 Å². The van der Waals surface area contributed by atoms with E-state index in [-0.39, 0.29) is 5.91 Å². The molecule has 5 nitrogen and oxygen atoms in total. The van der Waals surface area contributed by atoms with Gasteiger partial charge < -0.3 is 16.4 Å². The first kappa shape index (κ1) is 11.0. The van der Waals surface area contributed by atoms with Gasteiger partial charge in [-0.25, -0.2) is 0 Å². The lowest BCUT2D eigenvalue weighted by Gasteiger charge is -2.24. The van der Waals surface area contributed by atoms with E-state index in [1.165, 1.54) is 0 Å². The lowest BCUT2D eigenvalue weighted by Crippen LogP contribution is -2.55. The normalized spacial score (nSPS) is 28.4. The van der Waals surface area contributed by atoms with E-state index in [1.54, 1.807) is 6.92 Å². The third-order valence-electron chi connectivity index (χ3n) is 2.64. The molecule has 1 fully saturated rings. The van der Waals surface area contributed by atoms with E-state index in [9.17, 15) is 9.59 Å². The van der Waals surface area contributed by atoms with E-state index >= 15 is 0 Å². The first-order valence-corrected chi connectivity index (χ1v) is 4.81. The number of nitrogens with two attached hydrogens (primary N) is 1. The molecule has 80 valence electrons. The first-order valence-electron chi connectivity index (χ1n) is 4.81. The minimum absolute atomic E-state index is 0.152. The summed E-state index contributed by atoms with van der Waals surface area (Å²) in [7, 11) is 0. The number of hydrogen-bond acceptors (Lipinski definition) is 3. The van der Waals surface area contributed by atoms with Gasteiger partial charge in [0.2, 0.25) is 11.8 Å². The van der Waals surface area contributed by atoms with Gasteiger partial charge in [0.05, 0.1) is 5.54 Å². The third kappa shape index (κ3) is 2.23. The molecule has 0 aromatic rings. The van der Waals surface area contributed by atoms with E-state index < -0.39 is 17.5 Å². The van der Waals surface area contributed by atoms with Crippen molar-refractivity contribution in [1.82, 2.24) is 10.6 Å². The highest BCUT2D eigenvalue weighted by Gasteiger charge is 2.36. The fourth-order valence-corrected chi connectivity index (χ4v) is 1.52. The van der Waals surface area contributed by atoms with Gasteiger partial charge in [-0.05, 0) is 33.2 Å². The molecule has 1 saturated heterocycles. The average molecular weight is 199 g/mol. The van der Waals surface area contributed by atoms with Crippen LogP contribution in [-0.4, -0.2) is 29.9 Å². The lowest BCUT2D eigenvalue weighted by molar-refractivity contribution is -0.130. The van der Waals surface area contributed by atoms with Crippen LogP contribution in [0.2, 0.25) is 0 Å². The highest BCUT2D eigenvalue weighted by Crippen LogP contribution is 2.18. The van der Waals surface area contributed by atoms with Crippen LogP contribution < -0.4 is 16.4 Å². The largest absolute Gasteiger partial charge is 0.368 e. The topological polar surface area (TPSA) is 84.2 Å². The van der Waals surface area contributed by atoms with Crippen LogP contribution in [0.4, 0.5) is 0 Å². The number of primary amides is 1. The average Bonchev–Trinajstić information content (AvgIpc) is 2.53. The van der Waals surface area contributed by atoms with Crippen molar-refractivity contribution in [3.8, 4) is 0 Å². The Kier molecular flexibility index (Phi) is 3.10. The molecule has 0 bridgehead atoms. The second-order valence-electron chi connectivity index (χ2n) is 3.96. The second kappa shape index (κ2) is 3.96. The van der Waals surface area contributed by atoms with Crippen LogP contribution in [0.5, 0.6) is 0 Å². The molecule has 5 heteroatoms. The Bertz CT molecular complexity index is 246. The molecule has 0 aromatic heterocycles. The van der Waals surface area contributed by atoms with E-state index in [4.69, 9.17) is 5.73 Å². The smallest absolute Gasteiger partial charge is 0.240 e. The summed E-state index contributed by atoms with van der Waals surface area (Å²) in [6.07, 6.45) is 1.78. The summed E-state index contributed by atoms with van der Waals surface area (Å²) in [5.74, 6) is -0.666. The monoisotopic (exact) mass is 199 g/mol. The summed E-state index contributed by atoms with van der Waals surface area (Å²) in [6, 6.07) is -0.610. The minimum Gasteiger partial charge on any atom is -0.368 e. The fraction of sp³-hybridized carbons (Fsp3) is 0.778. The zero-order valence-electron chi connectivity index (χ0n) is 8.59. The summed E-state index contributed by atoms with van der Waals surface area (Å²) in [4.78, 5) is 22.4. The summed E-state index contributed by atoms with van der Waals surface area (Å²) >= 11 is 0. The standard InChI is InChI=1S/C9H17N3O2/c1-6(7(10)13)12-8(14)9(2)4-3-5-11-9/h6,11H,3-5H2,1-2H3,(H2,10,13)(H,12,14)/t6-,9?/m0/s1. The molecule has 1 aliphatic rings. The molecule has 0 spiro atoms. The molecule has 0 saturated carbocycles. The van der Waals surface area contributed by atoms with Crippen molar-refractivity contribution >= 4 is 11.8 Å². The summed E-state index contributed by atoms with van der Waals surface area (Å²) in [5.41, 5.74) is 4.51. The molecule has 2 amide bonds. The van der Waals surface area contributed by atoms with Crippen LogP contribution in [0.1, 0.15) is 26.7 Å². The van der Waals surface area contributed by atoms with Gasteiger partial charge in [-0.3, -0.25) is 9.59 Å². The Morgan fingerprint density at radius 3 is 2.64 bits per heavy atom. The van der Waals surface area contributed by atoms with Gasteiger partial charge in [0, 0.05) is 0 Å². The molecular weight excluding hydrogens is 182 g/mol. The van der Waals surface area contributed by atoms with Gasteiger partial charge >= 0.3 is 0 Å². The maximum atomic E-state index is 11.7. The van der Waals surface area contributed by atoms with Crippen LogP contribution in [0.3, 0.4) is 0 Å². The maximum Gasteiger partial charge on any atom is 0.240 e. The first-order chi connectivity index (χ1) is 6.46. The quantitative estimate of drug-likeness (QED) is 0.552.